The first-order valence-electron chi connectivity index (χ1n) is 10.2. The third-order valence-electron chi connectivity index (χ3n) is 5.16. The van der Waals surface area contributed by atoms with Crippen LogP contribution in [0, 0.1) is 0 Å². The number of anilines is 1. The van der Waals surface area contributed by atoms with Gasteiger partial charge in [-0.2, -0.15) is 0 Å². The zero-order valence-corrected chi connectivity index (χ0v) is 18.1. The summed E-state index contributed by atoms with van der Waals surface area (Å²) >= 11 is 0. The van der Waals surface area contributed by atoms with E-state index < -0.39 is 5.97 Å². The smallest absolute Gasteiger partial charge is 0.373 e. The van der Waals surface area contributed by atoms with Crippen molar-refractivity contribution in [1.29, 1.82) is 0 Å². The Bertz CT molecular complexity index is 1140. The van der Waals surface area contributed by atoms with Crippen LogP contribution >= 0.6 is 0 Å². The van der Waals surface area contributed by atoms with E-state index in [0.717, 1.165) is 11.3 Å². The number of fused-ring (bicyclic) bond motifs is 1. The van der Waals surface area contributed by atoms with Crippen LogP contribution < -0.4 is 14.8 Å². The molecule has 0 fully saturated rings. The van der Waals surface area contributed by atoms with Crippen LogP contribution in [0.5, 0.6) is 11.5 Å². The van der Waals surface area contributed by atoms with Gasteiger partial charge in [0.25, 0.3) is 5.91 Å². The van der Waals surface area contributed by atoms with E-state index in [1.807, 2.05) is 37.3 Å². The first-order chi connectivity index (χ1) is 15.5. The van der Waals surface area contributed by atoms with Gasteiger partial charge in [0.1, 0.15) is 18.5 Å². The number of benzene rings is 2. The second kappa shape index (κ2) is 9.05. The molecule has 3 aromatic rings. The molecule has 1 atom stereocenters. The van der Waals surface area contributed by atoms with Gasteiger partial charge in [0.15, 0.2) is 11.5 Å². The lowest BCUT2D eigenvalue weighted by atomic mass is 10.0. The molecule has 1 N–H and O–H groups in total. The number of amides is 1. The molecule has 1 aliphatic rings. The highest BCUT2D eigenvalue weighted by atomic mass is 16.5. The third kappa shape index (κ3) is 4.12. The van der Waals surface area contributed by atoms with Gasteiger partial charge in [0, 0.05) is 12.7 Å². The lowest BCUT2D eigenvalue weighted by Gasteiger charge is -2.35. The van der Waals surface area contributed by atoms with E-state index in [1.54, 1.807) is 30.1 Å². The number of nitrogens with zero attached hydrogens (tertiary/aromatic N) is 1. The van der Waals surface area contributed by atoms with Gasteiger partial charge in [-0.3, -0.25) is 4.79 Å². The zero-order chi connectivity index (χ0) is 22.7. The van der Waals surface area contributed by atoms with Gasteiger partial charge in [-0.15, -0.1) is 0 Å². The molecule has 1 amide bonds. The van der Waals surface area contributed by atoms with E-state index in [1.165, 1.54) is 13.2 Å². The van der Waals surface area contributed by atoms with Gasteiger partial charge in [0.2, 0.25) is 5.76 Å². The molecule has 0 saturated carbocycles. The minimum Gasteiger partial charge on any atom is -0.490 e. The summed E-state index contributed by atoms with van der Waals surface area (Å²) in [6.45, 7) is 2.45. The van der Waals surface area contributed by atoms with Gasteiger partial charge in [-0.1, -0.05) is 18.2 Å². The predicted molar refractivity (Wildman–Crippen MR) is 117 cm³/mol. The van der Waals surface area contributed by atoms with E-state index in [9.17, 15) is 9.59 Å². The van der Waals surface area contributed by atoms with E-state index in [2.05, 4.69) is 10.1 Å². The summed E-state index contributed by atoms with van der Waals surface area (Å²) in [5.74, 6) is 1.07. The first-order valence-corrected chi connectivity index (χ1v) is 10.2. The summed E-state index contributed by atoms with van der Waals surface area (Å²) in [5, 5.41) is 3.41. The number of ether oxygens (including phenoxy) is 3. The molecule has 1 aromatic heterocycles. The van der Waals surface area contributed by atoms with Crippen molar-refractivity contribution in [3.8, 4) is 11.5 Å². The number of esters is 1. The molecular formula is C24H24N2O6. The molecule has 8 nitrogen and oxygen atoms in total. The molecule has 0 unspecified atom stereocenters. The summed E-state index contributed by atoms with van der Waals surface area (Å²) in [6.07, 6.45) is -0.349. The molecule has 0 spiro atoms. The minimum absolute atomic E-state index is 0.0538. The summed E-state index contributed by atoms with van der Waals surface area (Å²) in [4.78, 5) is 26.0. The number of methoxy groups -OCH3 is 1. The van der Waals surface area contributed by atoms with Crippen LogP contribution in [0.1, 0.15) is 45.3 Å². The van der Waals surface area contributed by atoms with Crippen LogP contribution in [-0.2, 0) is 11.3 Å². The molecule has 2 aromatic carbocycles. The standard InChI is InChI=1S/C24H24N2O6/c1-4-30-21-13-15(22-25-18-8-6-5-7-17(18)23(27)26(22)2)9-11-19(21)31-14-16-10-12-20(32-16)24(28)29-3/h5-13,22,25H,4,14H2,1-3H3/t22-/m1/s1. The average Bonchev–Trinajstić information content (AvgIpc) is 3.29. The molecule has 8 heteroatoms. The van der Waals surface area contributed by atoms with Crippen molar-refractivity contribution in [2.45, 2.75) is 19.7 Å². The zero-order valence-electron chi connectivity index (χ0n) is 18.1. The van der Waals surface area contributed by atoms with Crippen molar-refractivity contribution in [3.05, 3.63) is 77.2 Å². The Labute approximate surface area is 185 Å². The lowest BCUT2D eigenvalue weighted by molar-refractivity contribution is 0.0560. The van der Waals surface area contributed by atoms with Crippen molar-refractivity contribution in [1.82, 2.24) is 4.90 Å². The second-order valence-corrected chi connectivity index (χ2v) is 7.19. The first kappa shape index (κ1) is 21.3. The van der Waals surface area contributed by atoms with E-state index in [4.69, 9.17) is 13.9 Å². The maximum Gasteiger partial charge on any atom is 0.373 e. The molecule has 4 rings (SSSR count). The Morgan fingerprint density at radius 3 is 2.69 bits per heavy atom. The van der Waals surface area contributed by atoms with Gasteiger partial charge >= 0.3 is 5.97 Å². The second-order valence-electron chi connectivity index (χ2n) is 7.19. The Balaban J connectivity index is 1.55. The predicted octanol–water partition coefficient (Wildman–Crippen LogP) is 4.24. The highest BCUT2D eigenvalue weighted by Gasteiger charge is 2.30. The molecule has 0 aliphatic carbocycles. The van der Waals surface area contributed by atoms with Crippen LogP contribution in [0.25, 0.3) is 0 Å². The molecule has 166 valence electrons. The molecule has 0 radical (unpaired) electrons. The summed E-state index contributed by atoms with van der Waals surface area (Å²) in [7, 11) is 3.05. The maximum atomic E-state index is 12.8. The van der Waals surface area contributed by atoms with Gasteiger partial charge in [0.05, 0.1) is 19.3 Å². The lowest BCUT2D eigenvalue weighted by Crippen LogP contribution is -2.40. The van der Waals surface area contributed by atoms with Crippen LogP contribution in [0.15, 0.2) is 59.0 Å². The molecule has 2 heterocycles. The van der Waals surface area contributed by atoms with Crippen molar-refractivity contribution in [2.75, 3.05) is 26.1 Å². The topological polar surface area (TPSA) is 90.2 Å². The normalized spacial score (nSPS) is 15.0. The number of rotatable bonds is 7. The van der Waals surface area contributed by atoms with Crippen molar-refractivity contribution in [3.63, 3.8) is 0 Å². The van der Waals surface area contributed by atoms with Gasteiger partial charge in [-0.25, -0.2) is 4.79 Å². The molecular weight excluding hydrogens is 412 g/mol. The fourth-order valence-corrected chi connectivity index (χ4v) is 3.55. The monoisotopic (exact) mass is 436 g/mol. The molecule has 0 saturated heterocycles. The van der Waals surface area contributed by atoms with E-state index >= 15 is 0 Å². The molecule has 1 aliphatic heterocycles. The van der Waals surface area contributed by atoms with E-state index in [0.29, 0.717) is 29.4 Å². The quantitative estimate of drug-likeness (QED) is 0.554. The number of furan rings is 1. The SMILES string of the molecule is CCOc1cc([C@@H]2Nc3ccccc3C(=O)N2C)ccc1OCc1ccc(C(=O)OC)o1. The van der Waals surface area contributed by atoms with Gasteiger partial charge < -0.3 is 28.8 Å². The Morgan fingerprint density at radius 2 is 1.91 bits per heavy atom. The fourth-order valence-electron chi connectivity index (χ4n) is 3.55. The largest absolute Gasteiger partial charge is 0.490 e. The average molecular weight is 436 g/mol. The Kier molecular flexibility index (Phi) is 6.02. The number of carbonyl (C=O) groups is 2. The molecule has 32 heavy (non-hydrogen) atoms. The van der Waals surface area contributed by atoms with Crippen LogP contribution in [-0.4, -0.2) is 37.5 Å². The van der Waals surface area contributed by atoms with Crippen molar-refractivity contribution < 1.29 is 28.2 Å². The number of nitrogens with one attached hydrogen (secondary N) is 1. The summed E-state index contributed by atoms with van der Waals surface area (Å²) in [6, 6.07) is 16.2. The van der Waals surface area contributed by atoms with Crippen LogP contribution in [0.3, 0.4) is 0 Å². The summed E-state index contributed by atoms with van der Waals surface area (Å²) < 4.78 is 21.8. The summed E-state index contributed by atoms with van der Waals surface area (Å²) in [5.41, 5.74) is 2.29. The van der Waals surface area contributed by atoms with E-state index in [-0.39, 0.29) is 24.4 Å². The number of hydrogen-bond acceptors (Lipinski definition) is 7. The fraction of sp³-hybridized carbons (Fsp3) is 0.250. The van der Waals surface area contributed by atoms with Gasteiger partial charge in [-0.05, 0) is 48.9 Å². The molecule has 0 bridgehead atoms. The Hall–Kier alpha value is -3.94. The number of hydrogen-bond donors (Lipinski definition) is 1. The van der Waals surface area contributed by atoms with Crippen molar-refractivity contribution in [2.24, 2.45) is 0 Å². The third-order valence-corrected chi connectivity index (χ3v) is 5.16. The maximum absolute atomic E-state index is 12.8. The van der Waals surface area contributed by atoms with Crippen LogP contribution in [0.2, 0.25) is 0 Å². The highest BCUT2D eigenvalue weighted by Crippen LogP contribution is 2.36. The number of para-hydroxylation sites is 1. The van der Waals surface area contributed by atoms with Crippen LogP contribution in [0.4, 0.5) is 5.69 Å². The number of carbonyl (C=O) groups excluding carboxylic acids is 2. The highest BCUT2D eigenvalue weighted by molar-refractivity contribution is 6.01. The van der Waals surface area contributed by atoms with Crippen molar-refractivity contribution >= 4 is 17.6 Å². The minimum atomic E-state index is -0.546. The Morgan fingerprint density at radius 1 is 1.09 bits per heavy atom.